The number of aldehydes is 1. The minimum Gasteiger partial charge on any atom is -0.872 e. The third-order valence-electron chi connectivity index (χ3n) is 16.2. The van der Waals surface area contributed by atoms with Crippen molar-refractivity contribution in [1.82, 2.24) is 26.6 Å². The van der Waals surface area contributed by atoms with E-state index >= 15 is 0 Å². The predicted molar refractivity (Wildman–Crippen MR) is 531 cm³/mol. The summed E-state index contributed by atoms with van der Waals surface area (Å²) >= 11 is 16.1. The number of amides is 4. The SMILES string of the molecule is C.C1CCNCC1.CCNC(=O)CC[C@@H](N)C(=O)O.CCNC(=O)CC[C@@H](N)C(=O)OCC.CCNC(=O)CC[C@H](NC(=O)c1cc2cc(Br)ccc2oc1=O)C(=O)OCC.CCOC(=O)CC(=O)OCC.CCOC(=O)c1cc2cc(Br)ccc2oc1=O.CS(=O)(Cl)(Cl)CO.Cl.O=C(O)c1cc2cc(Br)ccc2oc1=O.O=C([O-])C(=Cc1cc(Br)ccc1[O-])C(=O)[O-].O=Cc1cc(Br)ccc1O.[Na+].[Na+].[Na+].[Na+].[OH-]. The van der Waals surface area contributed by atoms with Crippen LogP contribution in [0.5, 0.6) is 11.5 Å². The molecule has 5 aromatic carbocycles. The second kappa shape index (κ2) is 83.0. The van der Waals surface area contributed by atoms with Gasteiger partial charge in [0.1, 0.15) is 69.7 Å². The van der Waals surface area contributed by atoms with Gasteiger partial charge in [-0.15, -0.1) is 18.2 Å². The largest absolute Gasteiger partial charge is 1.00 e. The first-order valence-corrected chi connectivity index (χ1v) is 49.1. The summed E-state index contributed by atoms with van der Waals surface area (Å²) in [6.45, 7) is 19.2. The maximum absolute atomic E-state index is 12.6. The summed E-state index contributed by atoms with van der Waals surface area (Å²) in [5.74, 6) is -11.5. The summed E-state index contributed by atoms with van der Waals surface area (Å²) in [7, 11) is 6.47. The number of ether oxygens (including phenoxy) is 5. The summed E-state index contributed by atoms with van der Waals surface area (Å²) < 4.78 is 52.7. The summed E-state index contributed by atoms with van der Waals surface area (Å²) in [5.41, 5.74) is 7.95. The first kappa shape index (κ1) is 151. The number of aromatic carboxylic acids is 1. The van der Waals surface area contributed by atoms with Crippen molar-refractivity contribution in [3.8, 4) is 11.5 Å². The number of carboxylic acid groups (broad SMARTS) is 4. The number of benzene rings is 5. The van der Waals surface area contributed by atoms with E-state index in [9.17, 15) is 101 Å². The Labute approximate surface area is 969 Å². The maximum Gasteiger partial charge on any atom is 1.00 e. The predicted octanol–water partition coefficient (Wildman–Crippen LogP) is -2.55. The molecule has 0 saturated carbocycles. The molecule has 1 fully saturated rings. The van der Waals surface area contributed by atoms with Crippen molar-refractivity contribution in [2.45, 2.75) is 145 Å². The van der Waals surface area contributed by atoms with Crippen LogP contribution >= 0.6 is 113 Å². The molecule has 4 heterocycles. The molecular formula is C89H111Br5Cl3N7Na4O34S. The first-order valence-electron chi connectivity index (χ1n) is 40.9. The Bertz CT molecular complexity index is 5630. The van der Waals surface area contributed by atoms with E-state index in [0.29, 0.717) is 88.0 Å². The topological polar surface area (TPSA) is 685 Å². The molecule has 54 heteroatoms. The molecule has 3 aromatic heterocycles. The number of rotatable bonds is 31. The number of aliphatic carboxylic acids is 3. The minimum atomic E-state index is -3.62. The minimum absolute atomic E-state index is 0. The average Bonchev–Trinajstić information content (AvgIpc) is 0.812. The number of carboxylic acids is 4. The van der Waals surface area contributed by atoms with Crippen LogP contribution in [0.3, 0.4) is 0 Å². The van der Waals surface area contributed by atoms with E-state index in [4.69, 9.17) is 80.7 Å². The fourth-order valence-electron chi connectivity index (χ4n) is 9.82. The summed E-state index contributed by atoms with van der Waals surface area (Å²) in [5, 5.41) is 81.7. The van der Waals surface area contributed by atoms with E-state index in [0.717, 1.165) is 24.1 Å². The molecule has 0 aliphatic carbocycles. The molecule has 41 nitrogen and oxygen atoms in total. The number of phenolic OH excluding ortho intramolecular Hbond substituents is 1. The smallest absolute Gasteiger partial charge is 0.872 e. The fraction of sp³-hybridized carbons (Fsp3) is 0.382. The molecule has 0 spiro atoms. The number of piperidine rings is 1. The van der Waals surface area contributed by atoms with E-state index in [1.165, 1.54) is 74.8 Å². The van der Waals surface area contributed by atoms with Crippen LogP contribution < -0.4 is 188 Å². The van der Waals surface area contributed by atoms with Crippen LogP contribution in [0.1, 0.15) is 174 Å². The van der Waals surface area contributed by atoms with Crippen LogP contribution in [0.15, 0.2) is 165 Å². The molecule has 1 aliphatic heterocycles. The van der Waals surface area contributed by atoms with Crippen molar-refractivity contribution in [3.63, 3.8) is 0 Å². The Morgan fingerprint density at radius 2 is 0.867 bits per heavy atom. The van der Waals surface area contributed by atoms with Gasteiger partial charge in [0, 0.05) is 89.2 Å². The van der Waals surface area contributed by atoms with Gasteiger partial charge in [0.05, 0.1) is 58.0 Å². The summed E-state index contributed by atoms with van der Waals surface area (Å²) in [6, 6.07) is 25.3. The molecular weight excluding hydrogens is 2340 g/mol. The number of phenols is 1. The summed E-state index contributed by atoms with van der Waals surface area (Å²) in [4.78, 5) is 189. The molecule has 0 radical (unpaired) electrons. The van der Waals surface area contributed by atoms with Crippen LogP contribution in [-0.4, -0.2) is 210 Å². The number of fused-ring (bicyclic) bond motifs is 3. The average molecular weight is 2450 g/mol. The molecule has 1 saturated heterocycles. The standard InChI is InChI=1S/C19H21BrN2O6.C12H9BrO4.C10H7BrO5.C10H5BrO4.C9H18N2O3.C7H5BrO2.C7H14N2O3.C7H12O4.C5H11N.C2H6Cl2O2S.CH4.ClH.4Na.H2O/c1-3-21-16(23)8-6-14(19(26)27-4-2)22-17(24)13-10-11-9-12(20)5-7-15(11)28-18(13)25;1-2-16-11(14)9-6-7-5-8(13)3-4-10(7)17-12(9)15;11-6-1-2-8(12)5(3-6)4-7(9(13)14)10(15)16;11-6-1-2-8-5(3-6)4-7(9(12)13)10(14)15-8;1-3-11-8(12)6-5-7(10)9(13)14-4-2;8-6-1-2-7(10)5(3-6)4-9;1-2-9-6(10)4-3-5(8)7(11)12;1-3-10-6(8)5-7(9)11-4-2;1-2-4-6-5-3-1;1-7(3,4,6)2-5;;;;;;;/h5,7,9-10,14H,3-4,6,8H2,1-2H3,(H,21,23)(H,22,24);3-6H,2H2,1H3;1-4,12H,(H,13,14)(H,15,16);1-4H,(H,12,13);7H,3-6,10H2,1-2H3,(H,11,12);1-4,10H;5H,2-4,8H2,1H3,(H,9,10)(H,11,12);3-5H2,1-2H3;6H,1-5H2;5H,2H2,1H3;1H4;1H;;;;;1H2/q;;;;;;;;;;;;4*+1;/p-4/t14-;;;;7-;;5-;;;;;;;;;;/m0...1.1........../s1. The van der Waals surface area contributed by atoms with Gasteiger partial charge in [0.2, 0.25) is 17.7 Å². The van der Waals surface area contributed by atoms with Crippen molar-refractivity contribution in [3.05, 3.63) is 196 Å². The monoisotopic (exact) mass is 2450 g/mol. The number of carbonyl (C=O) groups excluding carboxylic acids is 12. The van der Waals surface area contributed by atoms with Gasteiger partial charge in [0.15, 0.2) is 6.29 Å². The second-order valence-corrected chi connectivity index (χ2v) is 39.8. The van der Waals surface area contributed by atoms with Crippen molar-refractivity contribution in [1.29, 1.82) is 0 Å². The van der Waals surface area contributed by atoms with Gasteiger partial charge >= 0.3 is 177 Å². The Hall–Kier alpha value is -6.93. The number of esters is 5. The Kier molecular flexibility index (Phi) is 87.8. The summed E-state index contributed by atoms with van der Waals surface area (Å²) in [6.07, 6.45) is 7.34. The zero-order valence-corrected chi connectivity index (χ0v) is 98.9. The van der Waals surface area contributed by atoms with E-state index in [2.05, 4.69) is 116 Å². The molecule has 1 aliphatic rings. The van der Waals surface area contributed by atoms with Gasteiger partial charge in [0.25, 0.3) is 5.91 Å². The fourth-order valence-corrected chi connectivity index (χ4v) is 11.7. The maximum atomic E-state index is 12.6. The van der Waals surface area contributed by atoms with Gasteiger partial charge in [-0.05, 0) is 237 Å². The quantitative estimate of drug-likeness (QED) is 0.00245. The number of halogens is 8. The van der Waals surface area contributed by atoms with E-state index in [1.807, 2.05) is 6.92 Å². The second-order valence-electron chi connectivity index (χ2n) is 27.1. The van der Waals surface area contributed by atoms with Crippen molar-refractivity contribution < 1.29 is 268 Å². The van der Waals surface area contributed by atoms with Crippen molar-refractivity contribution in [2.24, 2.45) is 11.5 Å². The van der Waals surface area contributed by atoms with Gasteiger partial charge in [-0.2, -0.15) is 0 Å². The Morgan fingerprint density at radius 3 is 1.22 bits per heavy atom. The molecule has 9 rings (SSSR count). The zero-order valence-electron chi connectivity index (χ0n) is 79.8. The van der Waals surface area contributed by atoms with Crippen molar-refractivity contribution >= 4 is 244 Å². The van der Waals surface area contributed by atoms with Gasteiger partial charge in [-0.25, -0.2) is 28.8 Å². The Balaban J connectivity index is -0.000000241. The van der Waals surface area contributed by atoms with E-state index in [-0.39, 0.29) is 254 Å². The first-order chi connectivity index (χ1) is 63.9. The number of carbonyl (C=O) groups is 14. The van der Waals surface area contributed by atoms with Gasteiger partial charge in [-0.1, -0.05) is 99.6 Å². The van der Waals surface area contributed by atoms with Gasteiger partial charge in [-0.3, -0.25) is 47.4 Å². The molecule has 14 N–H and O–H groups in total. The number of aromatic hydroxyl groups is 1. The number of nitrogens with one attached hydrogen (secondary N) is 5. The molecule has 8 aromatic rings. The van der Waals surface area contributed by atoms with E-state index < -0.39 is 119 Å². The normalized spacial score (nSPS) is 11.1. The number of hydrogen-bond acceptors (Lipinski definition) is 35. The van der Waals surface area contributed by atoms with Crippen LogP contribution in [0.2, 0.25) is 0 Å². The molecule has 3 atom stereocenters. The van der Waals surface area contributed by atoms with Crippen molar-refractivity contribution in [2.75, 3.05) is 78.0 Å². The third-order valence-corrected chi connectivity index (χ3v) is 19.8. The number of aliphatic hydroxyl groups excluding tert-OH is 1. The third kappa shape index (κ3) is 66.9. The van der Waals surface area contributed by atoms with Crippen LogP contribution in [-0.2, 0) is 79.1 Å². The molecule has 0 unspecified atom stereocenters. The number of nitrogens with two attached hydrogens (primary N) is 2. The van der Waals surface area contributed by atoms with Crippen LogP contribution in [0, 0.1) is 0 Å². The van der Waals surface area contributed by atoms with E-state index in [1.54, 1.807) is 115 Å². The molecule has 143 heavy (non-hydrogen) atoms. The molecule has 4 amide bonds. The number of aliphatic hydroxyl groups is 1. The number of hydrogen-bond donors (Lipinski definition) is 11. The van der Waals surface area contributed by atoms with Crippen LogP contribution in [0.4, 0.5) is 0 Å². The molecule has 0 bridgehead atoms. The molecule has 772 valence electrons. The zero-order chi connectivity index (χ0) is 104. The van der Waals surface area contributed by atoms with Gasteiger partial charge < -0.3 is 126 Å². The Morgan fingerprint density at radius 1 is 0.517 bits per heavy atom. The van der Waals surface area contributed by atoms with Crippen LogP contribution in [0.25, 0.3) is 39.0 Å².